The van der Waals surface area contributed by atoms with Gasteiger partial charge in [0.1, 0.15) is 0 Å². The Morgan fingerprint density at radius 3 is 2.48 bits per heavy atom. The monoisotopic (exact) mass is 407 g/mol. The Kier molecular flexibility index (Phi) is 6.05. The first-order chi connectivity index (χ1) is 14.2. The number of hydrogen-bond acceptors (Lipinski definition) is 5. The molecule has 1 saturated heterocycles. The van der Waals surface area contributed by atoms with Gasteiger partial charge in [-0.3, -0.25) is 4.79 Å². The molecule has 0 radical (unpaired) electrons. The number of amides is 1. The number of nitrogens with zero attached hydrogens (tertiary/aromatic N) is 3. The Balaban J connectivity index is 1.32. The van der Waals surface area contributed by atoms with E-state index in [2.05, 4.69) is 27.3 Å². The third kappa shape index (κ3) is 4.92. The maximum Gasteiger partial charge on any atom is 0.234 e. The number of piperidine rings is 1. The van der Waals surface area contributed by atoms with Crippen LogP contribution in [0.25, 0.3) is 11.3 Å². The summed E-state index contributed by atoms with van der Waals surface area (Å²) in [5, 5.41) is 3.55. The highest BCUT2D eigenvalue weighted by Crippen LogP contribution is 2.24. The van der Waals surface area contributed by atoms with E-state index in [4.69, 9.17) is 5.84 Å². The third-order valence-electron chi connectivity index (χ3n) is 4.97. The summed E-state index contributed by atoms with van der Waals surface area (Å²) in [7, 11) is 0. The van der Waals surface area contributed by atoms with Crippen molar-refractivity contribution in [1.29, 1.82) is 0 Å². The highest BCUT2D eigenvalue weighted by molar-refractivity contribution is 7.99. The average molecular weight is 408 g/mol. The molecule has 1 fully saturated rings. The Labute approximate surface area is 175 Å². The van der Waals surface area contributed by atoms with Crippen molar-refractivity contribution in [3.63, 3.8) is 0 Å². The zero-order valence-corrected chi connectivity index (χ0v) is 17.1. The van der Waals surface area contributed by atoms with Gasteiger partial charge in [-0.15, -0.1) is 0 Å². The summed E-state index contributed by atoms with van der Waals surface area (Å²) in [6.45, 7) is 2.22. The van der Waals surface area contributed by atoms with Crippen LogP contribution in [0.2, 0.25) is 0 Å². The second-order valence-corrected chi connectivity index (χ2v) is 8.06. The summed E-state index contributed by atoms with van der Waals surface area (Å²) in [5.41, 5.74) is 3.81. The Morgan fingerprint density at radius 2 is 1.76 bits per heavy atom. The lowest BCUT2D eigenvalue weighted by atomic mass is 10.1. The molecule has 7 heteroatoms. The van der Waals surface area contributed by atoms with Crippen molar-refractivity contribution in [1.82, 2.24) is 9.66 Å². The summed E-state index contributed by atoms with van der Waals surface area (Å²) < 4.78 is 1.47. The minimum absolute atomic E-state index is 0.0787. The van der Waals surface area contributed by atoms with Crippen LogP contribution >= 0.6 is 11.8 Å². The van der Waals surface area contributed by atoms with Crippen molar-refractivity contribution in [2.45, 2.75) is 24.4 Å². The minimum Gasteiger partial charge on any atom is -0.372 e. The summed E-state index contributed by atoms with van der Waals surface area (Å²) in [6, 6.07) is 17.9. The lowest BCUT2D eigenvalue weighted by molar-refractivity contribution is -0.113. The van der Waals surface area contributed by atoms with Gasteiger partial charge in [-0.05, 0) is 43.5 Å². The third-order valence-corrected chi connectivity index (χ3v) is 5.94. The van der Waals surface area contributed by atoms with Crippen LogP contribution in [-0.2, 0) is 4.79 Å². The number of rotatable bonds is 6. The minimum atomic E-state index is -0.0787. The number of nitrogens with one attached hydrogen (secondary N) is 1. The first-order valence-corrected chi connectivity index (χ1v) is 10.9. The number of nitrogen functional groups attached to an aromatic ring is 1. The van der Waals surface area contributed by atoms with E-state index in [0.29, 0.717) is 5.16 Å². The van der Waals surface area contributed by atoms with E-state index in [-0.39, 0.29) is 11.7 Å². The topological polar surface area (TPSA) is 76.2 Å². The highest BCUT2D eigenvalue weighted by Gasteiger charge is 2.13. The highest BCUT2D eigenvalue weighted by atomic mass is 32.2. The van der Waals surface area contributed by atoms with Gasteiger partial charge < -0.3 is 16.1 Å². The van der Waals surface area contributed by atoms with Gasteiger partial charge in [-0.2, -0.15) is 0 Å². The van der Waals surface area contributed by atoms with Gasteiger partial charge in [-0.1, -0.05) is 42.1 Å². The molecule has 2 heterocycles. The molecular weight excluding hydrogens is 382 g/mol. The zero-order valence-electron chi connectivity index (χ0n) is 16.3. The molecule has 3 N–H and O–H groups in total. The molecular formula is C22H25N5OS. The largest absolute Gasteiger partial charge is 0.372 e. The lowest BCUT2D eigenvalue weighted by Crippen LogP contribution is -2.29. The van der Waals surface area contributed by atoms with Gasteiger partial charge in [0.25, 0.3) is 0 Å². The molecule has 0 saturated carbocycles. The van der Waals surface area contributed by atoms with Gasteiger partial charge in [0.2, 0.25) is 5.91 Å². The maximum absolute atomic E-state index is 12.3. The van der Waals surface area contributed by atoms with Crippen molar-refractivity contribution in [3.8, 4) is 11.3 Å². The standard InChI is InChI=1S/C22H25N5OS/c23-27-15-20(17-7-3-1-4-8-17)25-22(27)29-16-21(28)24-18-9-11-19(12-10-18)26-13-5-2-6-14-26/h1,3-4,7-12,15H,2,5-6,13-14,16,23H2,(H,24,28). The van der Waals surface area contributed by atoms with E-state index in [1.54, 1.807) is 6.20 Å². The summed E-state index contributed by atoms with van der Waals surface area (Å²) >= 11 is 1.32. The van der Waals surface area contributed by atoms with E-state index in [1.807, 2.05) is 42.5 Å². The Bertz CT molecular complexity index is 949. The number of imidazole rings is 1. The second-order valence-electron chi connectivity index (χ2n) is 7.11. The van der Waals surface area contributed by atoms with Crippen molar-refractivity contribution < 1.29 is 4.79 Å². The normalized spacial score (nSPS) is 14.0. The fourth-order valence-electron chi connectivity index (χ4n) is 3.47. The first-order valence-electron chi connectivity index (χ1n) is 9.86. The van der Waals surface area contributed by atoms with Crippen LogP contribution in [0.3, 0.4) is 0 Å². The van der Waals surface area contributed by atoms with Gasteiger partial charge in [-0.25, -0.2) is 9.66 Å². The molecule has 3 aromatic rings. The number of anilines is 2. The zero-order chi connectivity index (χ0) is 20.1. The summed E-state index contributed by atoms with van der Waals surface area (Å²) in [6.07, 6.45) is 5.59. The summed E-state index contributed by atoms with van der Waals surface area (Å²) in [4.78, 5) is 19.3. The van der Waals surface area contributed by atoms with Gasteiger partial charge in [0.15, 0.2) is 5.16 Å². The van der Waals surface area contributed by atoms with Crippen LogP contribution in [0, 0.1) is 0 Å². The molecule has 1 amide bonds. The van der Waals surface area contributed by atoms with E-state index >= 15 is 0 Å². The van der Waals surface area contributed by atoms with Crippen molar-refractivity contribution in [2.75, 3.05) is 34.9 Å². The molecule has 2 aromatic carbocycles. The number of hydrogen-bond donors (Lipinski definition) is 2. The average Bonchev–Trinajstić information content (AvgIpc) is 3.15. The SMILES string of the molecule is Nn1cc(-c2ccccc2)nc1SCC(=O)Nc1ccc(N2CCCCC2)cc1. The van der Waals surface area contributed by atoms with E-state index < -0.39 is 0 Å². The van der Waals surface area contributed by atoms with Crippen LogP contribution in [0.4, 0.5) is 11.4 Å². The number of thioether (sulfide) groups is 1. The van der Waals surface area contributed by atoms with Crippen molar-refractivity contribution >= 4 is 29.0 Å². The van der Waals surface area contributed by atoms with E-state index in [9.17, 15) is 4.79 Å². The number of carbonyl (C=O) groups excluding carboxylic acids is 1. The number of nitrogens with two attached hydrogens (primary N) is 1. The summed E-state index contributed by atoms with van der Waals surface area (Å²) in [5.74, 6) is 6.17. The van der Waals surface area contributed by atoms with Gasteiger partial charge in [0.05, 0.1) is 17.6 Å². The maximum atomic E-state index is 12.3. The smallest absolute Gasteiger partial charge is 0.234 e. The van der Waals surface area contributed by atoms with Crippen LogP contribution in [0.5, 0.6) is 0 Å². The fraction of sp³-hybridized carbons (Fsp3) is 0.273. The molecule has 0 bridgehead atoms. The van der Waals surface area contributed by atoms with Crippen molar-refractivity contribution in [3.05, 3.63) is 60.8 Å². The number of aromatic nitrogens is 2. The van der Waals surface area contributed by atoms with Gasteiger partial charge >= 0.3 is 0 Å². The van der Waals surface area contributed by atoms with Gasteiger partial charge in [0, 0.05) is 30.0 Å². The van der Waals surface area contributed by atoms with E-state index in [1.165, 1.54) is 41.4 Å². The molecule has 1 aliphatic heterocycles. The van der Waals surface area contributed by atoms with E-state index in [0.717, 1.165) is 30.0 Å². The molecule has 150 valence electrons. The second kappa shape index (κ2) is 9.05. The van der Waals surface area contributed by atoms with Crippen LogP contribution in [0.1, 0.15) is 19.3 Å². The molecule has 0 aliphatic carbocycles. The Morgan fingerprint density at radius 1 is 1.03 bits per heavy atom. The number of benzene rings is 2. The predicted octanol–water partition coefficient (Wildman–Crippen LogP) is 3.99. The van der Waals surface area contributed by atoms with Crippen LogP contribution in [0.15, 0.2) is 66.0 Å². The lowest BCUT2D eigenvalue weighted by Gasteiger charge is -2.28. The molecule has 1 aromatic heterocycles. The molecule has 0 unspecified atom stereocenters. The molecule has 29 heavy (non-hydrogen) atoms. The predicted molar refractivity (Wildman–Crippen MR) is 120 cm³/mol. The first kappa shape index (κ1) is 19.4. The molecule has 0 atom stereocenters. The quantitative estimate of drug-likeness (QED) is 0.477. The number of carbonyl (C=O) groups is 1. The van der Waals surface area contributed by atoms with Crippen LogP contribution < -0.4 is 16.1 Å². The fourth-order valence-corrected chi connectivity index (χ4v) is 4.16. The molecule has 4 rings (SSSR count). The molecule has 0 spiro atoms. The molecule has 6 nitrogen and oxygen atoms in total. The Hall–Kier alpha value is -2.93. The van der Waals surface area contributed by atoms with Crippen molar-refractivity contribution in [2.24, 2.45) is 0 Å². The van der Waals surface area contributed by atoms with Crippen LogP contribution in [-0.4, -0.2) is 34.4 Å². The molecule has 1 aliphatic rings.